The summed E-state index contributed by atoms with van der Waals surface area (Å²) in [6.45, 7) is 0.608. The van der Waals surface area contributed by atoms with Crippen LogP contribution in [-0.4, -0.2) is 42.7 Å². The van der Waals surface area contributed by atoms with Gasteiger partial charge in [0.2, 0.25) is 5.76 Å². The second-order valence-corrected chi connectivity index (χ2v) is 10.00. The number of carbonyl (C=O) groups is 2. The van der Waals surface area contributed by atoms with Gasteiger partial charge in [-0.2, -0.15) is 0 Å². The lowest BCUT2D eigenvalue weighted by molar-refractivity contribution is -0.122. The molecular formula is C32H28N2O6S. The first kappa shape index (κ1) is 27.8. The molecule has 0 atom stereocenters. The monoisotopic (exact) mass is 568 g/mol. The van der Waals surface area contributed by atoms with Gasteiger partial charge < -0.3 is 18.6 Å². The third kappa shape index (κ3) is 6.88. The molecule has 2 heterocycles. The number of hydrogen-bond acceptors (Lipinski definition) is 8. The van der Waals surface area contributed by atoms with Crippen molar-refractivity contribution in [2.24, 2.45) is 4.99 Å². The van der Waals surface area contributed by atoms with Gasteiger partial charge in [-0.15, -0.1) is 0 Å². The van der Waals surface area contributed by atoms with Crippen molar-refractivity contribution in [2.45, 2.75) is 13.0 Å². The molecule has 4 aromatic rings. The van der Waals surface area contributed by atoms with Crippen LogP contribution in [0, 0.1) is 0 Å². The summed E-state index contributed by atoms with van der Waals surface area (Å²) in [5.74, 6) is 0.903. The molecule has 0 radical (unpaired) electrons. The van der Waals surface area contributed by atoms with E-state index in [1.54, 1.807) is 30.2 Å². The maximum Gasteiger partial charge on any atom is 0.373 e. The number of rotatable bonds is 10. The van der Waals surface area contributed by atoms with Crippen LogP contribution in [0.5, 0.6) is 11.5 Å². The SMILES string of the molecule is COC(=O)c1ccc(COc2ccc(C=C3SC(=Nc4ccccc4)N(CCc4ccccc4)C3=O)cc2OC)o1. The number of methoxy groups -OCH3 is 2. The van der Waals surface area contributed by atoms with Crippen LogP contribution < -0.4 is 9.47 Å². The first-order chi connectivity index (χ1) is 20.0. The number of amides is 1. The summed E-state index contributed by atoms with van der Waals surface area (Å²) < 4.78 is 21.5. The Labute approximate surface area is 242 Å². The Kier molecular flexibility index (Phi) is 8.85. The van der Waals surface area contributed by atoms with E-state index in [0.717, 1.165) is 16.8 Å². The number of esters is 1. The fraction of sp³-hybridized carbons (Fsp3) is 0.156. The van der Waals surface area contributed by atoms with Crippen molar-refractivity contribution in [2.75, 3.05) is 20.8 Å². The standard InChI is InChI=1S/C32H28N2O6S/c1-37-28-19-23(13-15-26(28)39-21-25-14-16-27(40-25)31(36)38-2)20-29-30(35)34(18-17-22-9-5-3-6-10-22)32(41-29)33-24-11-7-4-8-12-24/h3-16,19-20H,17-18,21H2,1-2H3. The van der Waals surface area contributed by atoms with Crippen LogP contribution in [0.1, 0.15) is 27.4 Å². The maximum atomic E-state index is 13.5. The third-order valence-electron chi connectivity index (χ3n) is 6.24. The molecule has 9 heteroatoms. The van der Waals surface area contributed by atoms with Gasteiger partial charge in [-0.3, -0.25) is 9.69 Å². The summed E-state index contributed by atoms with van der Waals surface area (Å²) in [7, 11) is 2.84. The van der Waals surface area contributed by atoms with Crippen molar-refractivity contribution in [1.29, 1.82) is 0 Å². The second-order valence-electron chi connectivity index (χ2n) is 8.99. The summed E-state index contributed by atoms with van der Waals surface area (Å²) >= 11 is 1.35. The summed E-state index contributed by atoms with van der Waals surface area (Å²) in [6, 6.07) is 28.3. The van der Waals surface area contributed by atoms with E-state index in [0.29, 0.717) is 40.3 Å². The number of carbonyl (C=O) groups excluding carboxylic acids is 2. The zero-order valence-corrected chi connectivity index (χ0v) is 23.4. The van der Waals surface area contributed by atoms with Gasteiger partial charge in [0.1, 0.15) is 12.4 Å². The van der Waals surface area contributed by atoms with Crippen LogP contribution in [0.4, 0.5) is 5.69 Å². The molecule has 1 amide bonds. The summed E-state index contributed by atoms with van der Waals surface area (Å²) in [5, 5.41) is 0.639. The third-order valence-corrected chi connectivity index (χ3v) is 7.25. The van der Waals surface area contributed by atoms with Gasteiger partial charge in [0.05, 0.1) is 24.8 Å². The van der Waals surface area contributed by atoms with Crippen molar-refractivity contribution >= 4 is 40.6 Å². The van der Waals surface area contributed by atoms with Crippen LogP contribution in [0.2, 0.25) is 0 Å². The van der Waals surface area contributed by atoms with E-state index in [4.69, 9.17) is 18.9 Å². The summed E-state index contributed by atoms with van der Waals surface area (Å²) in [4.78, 5) is 32.2. The van der Waals surface area contributed by atoms with E-state index in [-0.39, 0.29) is 18.3 Å². The van der Waals surface area contributed by atoms with Gasteiger partial charge in [0.25, 0.3) is 5.91 Å². The van der Waals surface area contributed by atoms with E-state index < -0.39 is 5.97 Å². The number of thioether (sulfide) groups is 1. The summed E-state index contributed by atoms with van der Waals surface area (Å²) in [6.07, 6.45) is 2.54. The highest BCUT2D eigenvalue weighted by molar-refractivity contribution is 8.18. The quantitative estimate of drug-likeness (QED) is 0.159. The number of para-hydroxylation sites is 1. The lowest BCUT2D eigenvalue weighted by Gasteiger charge is -2.15. The van der Waals surface area contributed by atoms with E-state index in [1.165, 1.54) is 24.9 Å². The fourth-order valence-corrected chi connectivity index (χ4v) is 5.17. The number of ether oxygens (including phenoxy) is 3. The zero-order chi connectivity index (χ0) is 28.6. The Balaban J connectivity index is 1.34. The number of benzene rings is 3. The molecule has 0 bridgehead atoms. The Morgan fingerprint density at radius 2 is 1.71 bits per heavy atom. The number of furan rings is 1. The van der Waals surface area contributed by atoms with Crippen LogP contribution >= 0.6 is 11.8 Å². The van der Waals surface area contributed by atoms with Crippen molar-refractivity contribution in [3.05, 3.63) is 119 Å². The molecule has 0 N–H and O–H groups in total. The molecule has 3 aromatic carbocycles. The molecule has 1 aliphatic rings. The lowest BCUT2D eigenvalue weighted by Crippen LogP contribution is -2.31. The minimum absolute atomic E-state index is 0.0951. The first-order valence-electron chi connectivity index (χ1n) is 12.9. The number of aliphatic imine (C=N–C) groups is 1. The van der Waals surface area contributed by atoms with Crippen LogP contribution in [-0.2, 0) is 22.6 Å². The van der Waals surface area contributed by atoms with Gasteiger partial charge in [0, 0.05) is 6.54 Å². The van der Waals surface area contributed by atoms with Gasteiger partial charge >= 0.3 is 5.97 Å². The molecule has 1 fully saturated rings. The Hall–Kier alpha value is -4.76. The predicted octanol–water partition coefficient (Wildman–Crippen LogP) is 6.50. The molecule has 0 unspecified atom stereocenters. The predicted molar refractivity (Wildman–Crippen MR) is 158 cm³/mol. The van der Waals surface area contributed by atoms with Crippen molar-refractivity contribution < 1.29 is 28.2 Å². The zero-order valence-electron chi connectivity index (χ0n) is 22.6. The van der Waals surface area contributed by atoms with E-state index in [2.05, 4.69) is 16.9 Å². The Morgan fingerprint density at radius 1 is 0.951 bits per heavy atom. The maximum absolute atomic E-state index is 13.5. The van der Waals surface area contributed by atoms with Crippen LogP contribution in [0.15, 0.2) is 105 Å². The van der Waals surface area contributed by atoms with Crippen molar-refractivity contribution in [1.82, 2.24) is 4.90 Å². The second kappa shape index (κ2) is 13.1. The minimum Gasteiger partial charge on any atom is -0.493 e. The Morgan fingerprint density at radius 3 is 2.44 bits per heavy atom. The van der Waals surface area contributed by atoms with E-state index >= 15 is 0 Å². The molecule has 8 nitrogen and oxygen atoms in total. The molecule has 0 spiro atoms. The van der Waals surface area contributed by atoms with Crippen LogP contribution in [0.3, 0.4) is 0 Å². The molecule has 5 rings (SSSR count). The highest BCUT2D eigenvalue weighted by Gasteiger charge is 2.33. The largest absolute Gasteiger partial charge is 0.493 e. The highest BCUT2D eigenvalue weighted by Crippen LogP contribution is 2.36. The van der Waals surface area contributed by atoms with E-state index in [1.807, 2.05) is 60.7 Å². The molecule has 1 saturated heterocycles. The van der Waals surface area contributed by atoms with E-state index in [9.17, 15) is 9.59 Å². The average Bonchev–Trinajstić information content (AvgIpc) is 3.60. The average molecular weight is 569 g/mol. The van der Waals surface area contributed by atoms with Gasteiger partial charge in [0.15, 0.2) is 16.7 Å². The first-order valence-corrected chi connectivity index (χ1v) is 13.7. The minimum atomic E-state index is -0.554. The van der Waals surface area contributed by atoms with Gasteiger partial charge in [-0.05, 0) is 71.8 Å². The molecule has 0 saturated carbocycles. The van der Waals surface area contributed by atoms with Crippen LogP contribution in [0.25, 0.3) is 6.08 Å². The smallest absolute Gasteiger partial charge is 0.373 e. The molecule has 208 valence electrons. The summed E-state index contributed by atoms with van der Waals surface area (Å²) in [5.41, 5.74) is 2.71. The van der Waals surface area contributed by atoms with Crippen molar-refractivity contribution in [3.63, 3.8) is 0 Å². The number of hydrogen-bond donors (Lipinski definition) is 0. The van der Waals surface area contributed by atoms with Gasteiger partial charge in [-0.25, -0.2) is 9.79 Å². The lowest BCUT2D eigenvalue weighted by atomic mass is 10.1. The van der Waals surface area contributed by atoms with Crippen molar-refractivity contribution in [3.8, 4) is 11.5 Å². The molecule has 0 aliphatic carbocycles. The van der Waals surface area contributed by atoms with Gasteiger partial charge in [-0.1, -0.05) is 54.6 Å². The Bertz CT molecular complexity index is 1580. The number of nitrogens with zero attached hydrogens (tertiary/aromatic N) is 2. The fourth-order valence-electron chi connectivity index (χ4n) is 4.15. The molecular weight excluding hydrogens is 540 g/mol. The number of amidine groups is 1. The molecule has 1 aromatic heterocycles. The topological polar surface area (TPSA) is 90.6 Å². The highest BCUT2D eigenvalue weighted by atomic mass is 32.2. The molecule has 1 aliphatic heterocycles. The molecule has 41 heavy (non-hydrogen) atoms. The normalized spacial score (nSPS) is 15.0.